The largest absolute Gasteiger partial charge is 0.406 e. The standard InChI is InChI=1S/C11H24O4S3Si/c1-11(2,3)8-7-16-17-10(15-19(5)6)9(8)14-18(4,12)13/h8-10,19H,7H2,1-6H3. The minimum atomic E-state index is -3.47. The Balaban J connectivity index is 2.97. The van der Waals surface area contributed by atoms with Crippen molar-refractivity contribution in [3.05, 3.63) is 0 Å². The average Bonchev–Trinajstić information content (AvgIpc) is 2.15. The van der Waals surface area contributed by atoms with Crippen LogP contribution in [0.3, 0.4) is 0 Å². The molecule has 0 amide bonds. The van der Waals surface area contributed by atoms with E-state index >= 15 is 0 Å². The molecule has 3 unspecified atom stereocenters. The minimum Gasteiger partial charge on any atom is -0.406 e. The van der Waals surface area contributed by atoms with E-state index < -0.39 is 25.3 Å². The van der Waals surface area contributed by atoms with Crippen LogP contribution < -0.4 is 0 Å². The molecule has 1 heterocycles. The molecule has 0 bridgehead atoms. The van der Waals surface area contributed by atoms with Crippen molar-refractivity contribution >= 4 is 40.7 Å². The van der Waals surface area contributed by atoms with Crippen LogP contribution in [0.2, 0.25) is 13.1 Å². The lowest BCUT2D eigenvalue weighted by atomic mass is 9.78. The van der Waals surface area contributed by atoms with Gasteiger partial charge in [-0.25, -0.2) is 0 Å². The van der Waals surface area contributed by atoms with E-state index in [4.69, 9.17) is 8.61 Å². The highest BCUT2D eigenvalue weighted by Crippen LogP contribution is 2.47. The van der Waals surface area contributed by atoms with Gasteiger partial charge in [0.25, 0.3) is 10.1 Å². The summed E-state index contributed by atoms with van der Waals surface area (Å²) in [6, 6.07) is 0. The number of hydrogen-bond donors (Lipinski definition) is 0. The van der Waals surface area contributed by atoms with Crippen LogP contribution in [0.4, 0.5) is 0 Å². The summed E-state index contributed by atoms with van der Waals surface area (Å²) < 4.78 is 34.4. The molecule has 3 atom stereocenters. The van der Waals surface area contributed by atoms with Crippen molar-refractivity contribution in [2.45, 2.75) is 45.4 Å². The third kappa shape index (κ3) is 5.97. The Morgan fingerprint density at radius 2 is 1.84 bits per heavy atom. The molecule has 8 heteroatoms. The fourth-order valence-corrected chi connectivity index (χ4v) is 7.41. The van der Waals surface area contributed by atoms with Gasteiger partial charge in [-0.2, -0.15) is 8.42 Å². The van der Waals surface area contributed by atoms with Crippen LogP contribution in [-0.4, -0.2) is 41.0 Å². The zero-order valence-corrected chi connectivity index (χ0v) is 16.0. The molecular weight excluding hydrogens is 320 g/mol. The van der Waals surface area contributed by atoms with Gasteiger partial charge in [0, 0.05) is 11.7 Å². The molecule has 1 fully saturated rings. The van der Waals surface area contributed by atoms with Crippen molar-refractivity contribution < 1.29 is 17.0 Å². The molecular formula is C11H24O4S3Si. The third-order valence-electron chi connectivity index (χ3n) is 2.88. The summed E-state index contributed by atoms with van der Waals surface area (Å²) in [5.74, 6) is 1.04. The van der Waals surface area contributed by atoms with Crippen molar-refractivity contribution in [1.82, 2.24) is 0 Å². The predicted molar refractivity (Wildman–Crippen MR) is 86.5 cm³/mol. The summed E-state index contributed by atoms with van der Waals surface area (Å²) in [5.41, 5.74) is -0.201. The molecule has 0 saturated carbocycles. The molecule has 1 rings (SSSR count). The molecule has 0 spiro atoms. The fourth-order valence-electron chi connectivity index (χ4n) is 1.94. The highest BCUT2D eigenvalue weighted by molar-refractivity contribution is 8.77. The zero-order chi connectivity index (χ0) is 14.8. The quantitative estimate of drug-likeness (QED) is 0.444. The highest BCUT2D eigenvalue weighted by Gasteiger charge is 2.44. The Morgan fingerprint density at radius 1 is 1.26 bits per heavy atom. The van der Waals surface area contributed by atoms with Gasteiger partial charge in [-0.3, -0.25) is 4.18 Å². The molecule has 1 saturated heterocycles. The lowest BCUT2D eigenvalue weighted by molar-refractivity contribution is 0.0285. The van der Waals surface area contributed by atoms with Gasteiger partial charge < -0.3 is 4.43 Å². The van der Waals surface area contributed by atoms with E-state index in [-0.39, 0.29) is 16.8 Å². The van der Waals surface area contributed by atoms with Crippen LogP contribution in [0.25, 0.3) is 0 Å². The maximum atomic E-state index is 11.5. The first-order valence-electron chi connectivity index (χ1n) is 6.32. The summed E-state index contributed by atoms with van der Waals surface area (Å²) in [6.07, 6.45) is 0.722. The van der Waals surface area contributed by atoms with E-state index in [1.54, 1.807) is 21.6 Å². The monoisotopic (exact) mass is 344 g/mol. The topological polar surface area (TPSA) is 52.6 Å². The van der Waals surface area contributed by atoms with Crippen molar-refractivity contribution in [1.29, 1.82) is 0 Å². The van der Waals surface area contributed by atoms with Crippen LogP contribution in [0.15, 0.2) is 0 Å². The average molecular weight is 345 g/mol. The van der Waals surface area contributed by atoms with Gasteiger partial charge in [0.05, 0.1) is 6.26 Å². The first kappa shape index (κ1) is 17.8. The van der Waals surface area contributed by atoms with Gasteiger partial charge in [-0.15, -0.1) is 0 Å². The Kier molecular flexibility index (Phi) is 6.29. The first-order valence-corrected chi connectivity index (χ1v) is 13.3. The molecule has 19 heavy (non-hydrogen) atoms. The summed E-state index contributed by atoms with van der Waals surface area (Å²) in [7, 11) is -1.36. The maximum Gasteiger partial charge on any atom is 0.264 e. The van der Waals surface area contributed by atoms with Crippen molar-refractivity contribution in [3.8, 4) is 0 Å². The summed E-state index contributed by atoms with van der Waals surface area (Å²) in [6.45, 7) is 10.5. The SMILES string of the molecule is C[SiH](C)OC1SSCC(C(C)(C)C)C1OS(C)(=O)=O. The number of rotatable bonds is 4. The van der Waals surface area contributed by atoms with Gasteiger partial charge in [0.15, 0.2) is 9.04 Å². The van der Waals surface area contributed by atoms with E-state index in [2.05, 4.69) is 33.9 Å². The lowest BCUT2D eigenvalue weighted by Crippen LogP contribution is -2.47. The Hall–Kier alpha value is 0.787. The molecule has 0 aromatic heterocycles. The summed E-state index contributed by atoms with van der Waals surface area (Å²) >= 11 is 0. The molecule has 0 aromatic rings. The van der Waals surface area contributed by atoms with Crippen LogP contribution in [0.1, 0.15) is 20.8 Å². The second kappa shape index (κ2) is 6.70. The lowest BCUT2D eigenvalue weighted by Gasteiger charge is -2.42. The molecule has 114 valence electrons. The summed E-state index contributed by atoms with van der Waals surface area (Å²) in [5, 5.41) is 0. The van der Waals surface area contributed by atoms with Crippen molar-refractivity contribution in [3.63, 3.8) is 0 Å². The fraction of sp³-hybridized carbons (Fsp3) is 1.00. The van der Waals surface area contributed by atoms with E-state index in [1.807, 2.05) is 0 Å². The van der Waals surface area contributed by atoms with Crippen LogP contribution >= 0.6 is 21.6 Å². The first-order chi connectivity index (χ1) is 8.50. The van der Waals surface area contributed by atoms with Crippen molar-refractivity contribution in [2.75, 3.05) is 12.0 Å². The van der Waals surface area contributed by atoms with Gasteiger partial charge in [0.2, 0.25) is 0 Å². The Morgan fingerprint density at radius 3 is 2.26 bits per heavy atom. The molecule has 4 nitrogen and oxygen atoms in total. The van der Waals surface area contributed by atoms with Gasteiger partial charge in [0.1, 0.15) is 11.5 Å². The van der Waals surface area contributed by atoms with Crippen LogP contribution in [0, 0.1) is 11.3 Å². The normalized spacial score (nSPS) is 29.7. The van der Waals surface area contributed by atoms with Gasteiger partial charge in [-0.05, 0) is 18.5 Å². The molecule has 0 aromatic carbocycles. The van der Waals surface area contributed by atoms with E-state index in [0.29, 0.717) is 0 Å². The van der Waals surface area contributed by atoms with E-state index in [0.717, 1.165) is 12.0 Å². The molecule has 0 aliphatic carbocycles. The van der Waals surface area contributed by atoms with Crippen molar-refractivity contribution in [2.24, 2.45) is 11.3 Å². The number of hydrogen-bond acceptors (Lipinski definition) is 6. The van der Waals surface area contributed by atoms with E-state index in [9.17, 15) is 8.42 Å². The molecule has 0 radical (unpaired) electrons. The minimum absolute atomic E-state index is 0.0104. The maximum absolute atomic E-state index is 11.5. The van der Waals surface area contributed by atoms with Gasteiger partial charge in [-0.1, -0.05) is 42.4 Å². The molecule has 1 aliphatic rings. The van der Waals surface area contributed by atoms with E-state index in [1.165, 1.54) is 0 Å². The zero-order valence-electron chi connectivity index (χ0n) is 12.4. The van der Waals surface area contributed by atoms with Crippen LogP contribution in [0.5, 0.6) is 0 Å². The Bertz CT molecular complexity index is 391. The van der Waals surface area contributed by atoms with Gasteiger partial charge >= 0.3 is 0 Å². The highest BCUT2D eigenvalue weighted by atomic mass is 33.1. The predicted octanol–water partition coefficient (Wildman–Crippen LogP) is 2.71. The second-order valence-corrected chi connectivity index (χ2v) is 12.7. The third-order valence-corrected chi connectivity index (χ3v) is 7.07. The summed E-state index contributed by atoms with van der Waals surface area (Å²) in [4.78, 5) is 0. The Labute approximate surface area is 126 Å². The molecule has 1 aliphatic heterocycles. The van der Waals surface area contributed by atoms with Crippen LogP contribution in [-0.2, 0) is 18.7 Å². The smallest absolute Gasteiger partial charge is 0.264 e. The molecule has 0 N–H and O–H groups in total. The second-order valence-electron chi connectivity index (χ2n) is 6.17.